The van der Waals surface area contributed by atoms with Crippen molar-refractivity contribution in [3.8, 4) is 11.3 Å². The summed E-state index contributed by atoms with van der Waals surface area (Å²) in [4.78, 5) is 38.3. The molecule has 0 aliphatic carbocycles. The molecule has 3 aromatic rings. The Labute approximate surface area is 199 Å². The van der Waals surface area contributed by atoms with Crippen molar-refractivity contribution in [2.45, 2.75) is 13.8 Å². The number of halogens is 1. The number of nitrogens with one attached hydrogen (secondary N) is 1. The van der Waals surface area contributed by atoms with Crippen molar-refractivity contribution in [3.05, 3.63) is 81.6 Å². The maximum atomic E-state index is 13.2. The number of amides is 2. The predicted molar refractivity (Wildman–Crippen MR) is 128 cm³/mol. The number of hydrogen-bond acceptors (Lipinski definition) is 5. The van der Waals surface area contributed by atoms with Crippen LogP contribution >= 0.6 is 23.8 Å². The van der Waals surface area contributed by atoms with Gasteiger partial charge in [0.15, 0.2) is 5.11 Å². The van der Waals surface area contributed by atoms with Gasteiger partial charge in [0.25, 0.3) is 11.8 Å². The minimum Gasteiger partial charge on any atom is -0.478 e. The molecule has 1 aliphatic heterocycles. The molecule has 7 nitrogen and oxygen atoms in total. The number of carboxylic acids is 1. The second kappa shape index (κ2) is 8.65. The van der Waals surface area contributed by atoms with Gasteiger partial charge in [-0.05, 0) is 85.7 Å². The Morgan fingerprint density at radius 3 is 2.45 bits per heavy atom. The minimum absolute atomic E-state index is 0.00496. The molecule has 1 aromatic heterocycles. The van der Waals surface area contributed by atoms with Gasteiger partial charge in [0, 0.05) is 5.56 Å². The number of aromatic carboxylic acids is 1. The van der Waals surface area contributed by atoms with E-state index < -0.39 is 17.8 Å². The van der Waals surface area contributed by atoms with Crippen molar-refractivity contribution < 1.29 is 23.9 Å². The minimum atomic E-state index is -1.16. The number of thiocarbonyl (C=S) groups is 1. The summed E-state index contributed by atoms with van der Waals surface area (Å²) < 4.78 is 5.75. The number of rotatable bonds is 4. The van der Waals surface area contributed by atoms with Gasteiger partial charge < -0.3 is 9.52 Å². The molecule has 0 saturated carbocycles. The highest BCUT2D eigenvalue weighted by atomic mass is 35.5. The van der Waals surface area contributed by atoms with Crippen LogP contribution in [0.2, 0.25) is 5.02 Å². The van der Waals surface area contributed by atoms with Gasteiger partial charge in [-0.1, -0.05) is 17.7 Å². The molecule has 0 unspecified atom stereocenters. The summed E-state index contributed by atoms with van der Waals surface area (Å²) in [7, 11) is 0. The summed E-state index contributed by atoms with van der Waals surface area (Å²) >= 11 is 11.2. The highest BCUT2D eigenvalue weighted by molar-refractivity contribution is 7.80. The van der Waals surface area contributed by atoms with Gasteiger partial charge in [0.1, 0.15) is 17.1 Å². The Kier molecular flexibility index (Phi) is 5.88. The molecule has 2 N–H and O–H groups in total. The van der Waals surface area contributed by atoms with Gasteiger partial charge in [0.05, 0.1) is 16.3 Å². The molecule has 0 spiro atoms. The van der Waals surface area contributed by atoms with Crippen LogP contribution < -0.4 is 10.2 Å². The first-order valence-electron chi connectivity index (χ1n) is 9.77. The lowest BCUT2D eigenvalue weighted by Gasteiger charge is -2.29. The number of carboxylic acid groups (broad SMARTS) is 1. The Bertz CT molecular complexity index is 1350. The largest absolute Gasteiger partial charge is 0.478 e. The molecular weight excluding hydrogens is 464 g/mol. The van der Waals surface area contributed by atoms with Crippen LogP contribution in [-0.4, -0.2) is 28.0 Å². The van der Waals surface area contributed by atoms with Crippen LogP contribution in [0, 0.1) is 13.8 Å². The van der Waals surface area contributed by atoms with Crippen molar-refractivity contribution in [2.24, 2.45) is 0 Å². The number of hydrogen-bond donors (Lipinski definition) is 2. The summed E-state index contributed by atoms with van der Waals surface area (Å²) in [5.41, 5.74) is 2.72. The lowest BCUT2D eigenvalue weighted by Crippen LogP contribution is -2.54. The Balaban J connectivity index is 1.69. The van der Waals surface area contributed by atoms with Crippen molar-refractivity contribution in [3.63, 3.8) is 0 Å². The lowest BCUT2D eigenvalue weighted by molar-refractivity contribution is -0.122. The zero-order valence-corrected chi connectivity index (χ0v) is 19.1. The third-order valence-corrected chi connectivity index (χ3v) is 5.58. The van der Waals surface area contributed by atoms with Crippen LogP contribution in [-0.2, 0) is 9.59 Å². The van der Waals surface area contributed by atoms with Crippen LogP contribution in [0.5, 0.6) is 0 Å². The number of carbonyl (C=O) groups excluding carboxylic acids is 2. The molecule has 166 valence electrons. The molecule has 9 heteroatoms. The average Bonchev–Trinajstić information content (AvgIpc) is 3.19. The first-order chi connectivity index (χ1) is 15.6. The van der Waals surface area contributed by atoms with E-state index in [4.69, 9.17) is 28.2 Å². The average molecular weight is 481 g/mol. The zero-order valence-electron chi connectivity index (χ0n) is 17.5. The molecule has 2 aromatic carbocycles. The highest BCUT2D eigenvalue weighted by Crippen LogP contribution is 2.29. The number of nitrogens with zero attached hydrogens (tertiary/aromatic N) is 1. The van der Waals surface area contributed by atoms with Gasteiger partial charge in [-0.25, -0.2) is 4.79 Å². The molecule has 2 amide bonds. The Morgan fingerprint density at radius 2 is 1.79 bits per heavy atom. The maximum Gasteiger partial charge on any atom is 0.337 e. The molecule has 4 rings (SSSR count). The van der Waals surface area contributed by atoms with Crippen LogP contribution in [0.4, 0.5) is 5.69 Å². The number of furan rings is 1. The van der Waals surface area contributed by atoms with Gasteiger partial charge in [-0.3, -0.25) is 19.8 Å². The van der Waals surface area contributed by atoms with Crippen LogP contribution in [0.3, 0.4) is 0 Å². The summed E-state index contributed by atoms with van der Waals surface area (Å²) in [5.74, 6) is -1.79. The first kappa shape index (κ1) is 22.4. The smallest absolute Gasteiger partial charge is 0.337 e. The van der Waals surface area contributed by atoms with Gasteiger partial charge in [0.2, 0.25) is 0 Å². The molecule has 0 radical (unpaired) electrons. The van der Waals surface area contributed by atoms with E-state index in [2.05, 4.69) is 5.32 Å². The van der Waals surface area contributed by atoms with E-state index in [0.29, 0.717) is 17.0 Å². The summed E-state index contributed by atoms with van der Waals surface area (Å²) in [6.45, 7) is 3.81. The fourth-order valence-corrected chi connectivity index (χ4v) is 4.02. The number of carbonyl (C=O) groups is 3. The molecule has 1 aliphatic rings. The van der Waals surface area contributed by atoms with Gasteiger partial charge in [-0.15, -0.1) is 0 Å². The second-order valence-electron chi connectivity index (χ2n) is 7.51. The van der Waals surface area contributed by atoms with Crippen LogP contribution in [0.15, 0.2) is 58.5 Å². The molecular formula is C24H17ClN2O5S. The number of benzene rings is 2. The normalized spacial score (nSPS) is 15.2. The SMILES string of the molecule is Cc1cc(C)cc(N2C(=O)/C(=C\c3ccc(-c4ccc(Cl)c(C(=O)O)c4)o3)C(=O)NC2=S)c1. The fourth-order valence-electron chi connectivity index (χ4n) is 3.54. The molecule has 0 bridgehead atoms. The van der Waals surface area contributed by atoms with E-state index in [1.807, 2.05) is 19.9 Å². The van der Waals surface area contributed by atoms with E-state index in [0.717, 1.165) is 11.1 Å². The fraction of sp³-hybridized carbons (Fsp3) is 0.0833. The maximum absolute atomic E-state index is 13.2. The number of aryl methyl sites for hydroxylation is 2. The molecule has 1 saturated heterocycles. The van der Waals surface area contributed by atoms with Gasteiger partial charge >= 0.3 is 5.97 Å². The van der Waals surface area contributed by atoms with E-state index in [1.165, 1.54) is 23.1 Å². The van der Waals surface area contributed by atoms with Crippen molar-refractivity contribution in [1.82, 2.24) is 5.32 Å². The summed E-state index contributed by atoms with van der Waals surface area (Å²) in [6, 6.07) is 13.2. The number of anilines is 1. The first-order valence-corrected chi connectivity index (χ1v) is 10.6. The van der Waals surface area contributed by atoms with E-state index in [1.54, 1.807) is 30.3 Å². The highest BCUT2D eigenvalue weighted by Gasteiger charge is 2.35. The summed E-state index contributed by atoms with van der Waals surface area (Å²) in [6.07, 6.45) is 1.33. The van der Waals surface area contributed by atoms with Crippen molar-refractivity contribution in [2.75, 3.05) is 4.90 Å². The van der Waals surface area contributed by atoms with Crippen LogP contribution in [0.25, 0.3) is 17.4 Å². The van der Waals surface area contributed by atoms with Crippen molar-refractivity contribution >= 4 is 58.5 Å². The summed E-state index contributed by atoms with van der Waals surface area (Å²) in [5, 5.41) is 11.9. The zero-order chi connectivity index (χ0) is 23.9. The quantitative estimate of drug-likeness (QED) is 0.317. The van der Waals surface area contributed by atoms with E-state index in [9.17, 15) is 19.5 Å². The third kappa shape index (κ3) is 4.44. The van der Waals surface area contributed by atoms with E-state index in [-0.39, 0.29) is 27.0 Å². The molecule has 33 heavy (non-hydrogen) atoms. The third-order valence-electron chi connectivity index (χ3n) is 4.96. The molecule has 1 fully saturated rings. The predicted octanol–water partition coefficient (Wildman–Crippen LogP) is 4.75. The standard InChI is InChI=1S/C24H17ClN2O5S/c1-12-7-13(2)9-15(8-12)27-22(29)18(21(28)26-24(27)33)11-16-4-6-20(32-16)14-3-5-19(25)17(10-14)23(30)31/h3-11H,1-2H3,(H,30,31)(H,26,28,33)/b18-11-. The topological polar surface area (TPSA) is 99.8 Å². The van der Waals surface area contributed by atoms with Crippen LogP contribution in [0.1, 0.15) is 27.2 Å². The van der Waals surface area contributed by atoms with Gasteiger partial charge in [-0.2, -0.15) is 0 Å². The lowest BCUT2D eigenvalue weighted by atomic mass is 10.1. The Morgan fingerprint density at radius 1 is 1.09 bits per heavy atom. The van der Waals surface area contributed by atoms with E-state index >= 15 is 0 Å². The second-order valence-corrected chi connectivity index (χ2v) is 8.30. The van der Waals surface area contributed by atoms with Crippen molar-refractivity contribution in [1.29, 1.82) is 0 Å². The molecule has 0 atom stereocenters. The molecule has 2 heterocycles. The Hall–Kier alpha value is -3.75. The monoisotopic (exact) mass is 480 g/mol.